The van der Waals surface area contributed by atoms with Crippen molar-refractivity contribution < 1.29 is 0 Å². The maximum Gasteiger partial charge on any atom is -0.0111 e. The average Bonchev–Trinajstić information content (AvgIpc) is 3.28. The largest absolute Gasteiger partial charge is 0.0616 e. The van der Waals surface area contributed by atoms with E-state index >= 15 is 0 Å². The highest BCUT2D eigenvalue weighted by Crippen LogP contribution is 2.32. The van der Waals surface area contributed by atoms with Gasteiger partial charge in [-0.2, -0.15) is 0 Å². The Labute approximate surface area is 154 Å². The van der Waals surface area contributed by atoms with Gasteiger partial charge in [0, 0.05) is 0 Å². The molecule has 0 N–H and O–H groups in total. The van der Waals surface area contributed by atoms with Crippen LogP contribution in [0, 0.1) is 0 Å². The van der Waals surface area contributed by atoms with Crippen LogP contribution in [0.3, 0.4) is 0 Å². The van der Waals surface area contributed by atoms with E-state index in [9.17, 15) is 0 Å². The molecule has 0 saturated carbocycles. The molecule has 5 rings (SSSR count). The lowest BCUT2D eigenvalue weighted by Crippen LogP contribution is -1.82. The molecule has 0 amide bonds. The molecule has 0 saturated heterocycles. The molecule has 122 valence electrons. The van der Waals surface area contributed by atoms with Crippen LogP contribution in [-0.2, 0) is 0 Å². The smallest absolute Gasteiger partial charge is 0.0111 e. The lowest BCUT2D eigenvalue weighted by molar-refractivity contribution is 1.59. The second-order valence-electron chi connectivity index (χ2n) is 6.71. The lowest BCUT2D eigenvalue weighted by Gasteiger charge is -2.03. The van der Waals surface area contributed by atoms with E-state index in [4.69, 9.17) is 0 Å². The Kier molecular flexibility index (Phi) is 3.54. The van der Waals surface area contributed by atoms with Crippen molar-refractivity contribution >= 4 is 35.5 Å². The molecule has 3 aromatic rings. The maximum absolute atomic E-state index is 2.25. The number of hydrogen-bond donors (Lipinski definition) is 0. The summed E-state index contributed by atoms with van der Waals surface area (Å²) in [6, 6.07) is 25.8. The Balaban J connectivity index is 1.43. The summed E-state index contributed by atoms with van der Waals surface area (Å²) in [7, 11) is 0. The van der Waals surface area contributed by atoms with Crippen molar-refractivity contribution in [3.63, 3.8) is 0 Å². The van der Waals surface area contributed by atoms with Gasteiger partial charge in [0.15, 0.2) is 0 Å². The Morgan fingerprint density at radius 3 is 1.31 bits per heavy atom. The molecule has 0 heteroatoms. The normalized spacial score (nSPS) is 17.1. The van der Waals surface area contributed by atoms with Gasteiger partial charge in [0.2, 0.25) is 0 Å². The van der Waals surface area contributed by atoms with Crippen molar-refractivity contribution in [3.8, 4) is 0 Å². The van der Waals surface area contributed by atoms with E-state index in [0.29, 0.717) is 0 Å². The van der Waals surface area contributed by atoms with E-state index in [-0.39, 0.29) is 0 Å². The second kappa shape index (κ2) is 6.16. The van der Waals surface area contributed by atoms with Gasteiger partial charge in [-0.1, -0.05) is 97.1 Å². The molecule has 2 aliphatic rings. The third kappa shape index (κ3) is 2.66. The van der Waals surface area contributed by atoms with E-state index in [1.165, 1.54) is 44.5 Å². The van der Waals surface area contributed by atoms with Crippen LogP contribution in [0.25, 0.3) is 35.5 Å². The van der Waals surface area contributed by atoms with E-state index in [2.05, 4.69) is 109 Å². The summed E-state index contributed by atoms with van der Waals surface area (Å²) < 4.78 is 0. The monoisotopic (exact) mass is 330 g/mol. The van der Waals surface area contributed by atoms with Crippen LogP contribution in [0.15, 0.2) is 84.9 Å². The fourth-order valence-electron chi connectivity index (χ4n) is 3.65. The van der Waals surface area contributed by atoms with Gasteiger partial charge in [0.25, 0.3) is 0 Å². The second-order valence-corrected chi connectivity index (χ2v) is 6.71. The van der Waals surface area contributed by atoms with E-state index in [0.717, 1.165) is 0 Å². The third-order valence-electron chi connectivity index (χ3n) is 5.01. The molecule has 3 aromatic carbocycles. The molecule has 0 fully saturated rings. The summed E-state index contributed by atoms with van der Waals surface area (Å²) in [4.78, 5) is 0. The minimum atomic E-state index is 1.23. The van der Waals surface area contributed by atoms with E-state index < -0.39 is 0 Å². The molecule has 0 aromatic heterocycles. The van der Waals surface area contributed by atoms with E-state index in [1.54, 1.807) is 0 Å². The number of hydrogen-bond acceptors (Lipinski definition) is 0. The minimum Gasteiger partial charge on any atom is -0.0616 e. The van der Waals surface area contributed by atoms with Gasteiger partial charge in [-0.15, -0.1) is 0 Å². The molecule has 0 spiro atoms. The number of rotatable bonds is 2. The van der Waals surface area contributed by atoms with Crippen molar-refractivity contribution in [1.82, 2.24) is 0 Å². The van der Waals surface area contributed by atoms with Crippen molar-refractivity contribution in [2.45, 2.75) is 0 Å². The summed E-state index contributed by atoms with van der Waals surface area (Å²) in [6.07, 6.45) is 13.3. The lowest BCUT2D eigenvalue weighted by atomic mass is 10.0. The van der Waals surface area contributed by atoms with Crippen molar-refractivity contribution in [3.05, 3.63) is 118 Å². The average molecular weight is 330 g/mol. The van der Waals surface area contributed by atoms with Crippen LogP contribution in [0.2, 0.25) is 0 Å². The first kappa shape index (κ1) is 14.9. The predicted octanol–water partition coefficient (Wildman–Crippen LogP) is 6.82. The molecular formula is C26H18. The highest BCUT2D eigenvalue weighted by molar-refractivity contribution is 5.99. The highest BCUT2D eigenvalue weighted by Gasteiger charge is 2.10. The first-order valence-corrected chi connectivity index (χ1v) is 8.95. The van der Waals surface area contributed by atoms with Crippen LogP contribution in [0.1, 0.15) is 33.4 Å². The Bertz CT molecular complexity index is 1010. The molecule has 2 aliphatic carbocycles. The molecule has 0 aliphatic heterocycles. The topological polar surface area (TPSA) is 0 Å². The van der Waals surface area contributed by atoms with Gasteiger partial charge in [0.1, 0.15) is 0 Å². The van der Waals surface area contributed by atoms with Gasteiger partial charge in [-0.25, -0.2) is 0 Å². The highest BCUT2D eigenvalue weighted by atomic mass is 14.1. The van der Waals surface area contributed by atoms with Crippen LogP contribution in [0.4, 0.5) is 0 Å². The van der Waals surface area contributed by atoms with Gasteiger partial charge >= 0.3 is 0 Å². The van der Waals surface area contributed by atoms with Gasteiger partial charge in [0.05, 0.1) is 0 Å². The zero-order chi connectivity index (χ0) is 17.3. The molecule has 0 radical (unpaired) electrons. The fraction of sp³-hybridized carbons (Fsp3) is 0. The zero-order valence-corrected chi connectivity index (χ0v) is 14.4. The third-order valence-corrected chi connectivity index (χ3v) is 5.01. The Morgan fingerprint density at radius 1 is 0.423 bits per heavy atom. The van der Waals surface area contributed by atoms with Crippen LogP contribution in [-0.4, -0.2) is 0 Å². The van der Waals surface area contributed by atoms with Crippen LogP contribution in [0.5, 0.6) is 0 Å². The van der Waals surface area contributed by atoms with Crippen molar-refractivity contribution in [1.29, 1.82) is 0 Å². The quantitative estimate of drug-likeness (QED) is 0.483. The SMILES string of the molecule is C1=Cc2ccccc2/C1=C\c1ccc(/C=C2/C=Cc3ccccc32)cc1. The Hall–Kier alpha value is -3.38. The van der Waals surface area contributed by atoms with Gasteiger partial charge in [-0.3, -0.25) is 0 Å². The first-order chi connectivity index (χ1) is 12.9. The molecule has 0 bridgehead atoms. The molecule has 0 unspecified atom stereocenters. The summed E-state index contributed by atoms with van der Waals surface area (Å²) >= 11 is 0. The summed E-state index contributed by atoms with van der Waals surface area (Å²) in [5.41, 5.74) is 10.2. The predicted molar refractivity (Wildman–Crippen MR) is 113 cm³/mol. The Morgan fingerprint density at radius 2 is 0.846 bits per heavy atom. The zero-order valence-electron chi connectivity index (χ0n) is 14.4. The number of allylic oxidation sites excluding steroid dienone is 4. The summed E-state index contributed by atoms with van der Waals surface area (Å²) in [6.45, 7) is 0. The summed E-state index contributed by atoms with van der Waals surface area (Å²) in [5.74, 6) is 0. The van der Waals surface area contributed by atoms with E-state index in [1.807, 2.05) is 0 Å². The number of benzene rings is 3. The van der Waals surface area contributed by atoms with Crippen molar-refractivity contribution in [2.75, 3.05) is 0 Å². The minimum absolute atomic E-state index is 1.23. The van der Waals surface area contributed by atoms with Gasteiger partial charge in [-0.05, 0) is 56.7 Å². The van der Waals surface area contributed by atoms with Crippen LogP contribution >= 0.6 is 0 Å². The van der Waals surface area contributed by atoms with Crippen LogP contribution < -0.4 is 0 Å². The molecule has 0 heterocycles. The number of fused-ring (bicyclic) bond motifs is 2. The fourth-order valence-corrected chi connectivity index (χ4v) is 3.65. The molecule has 26 heavy (non-hydrogen) atoms. The first-order valence-electron chi connectivity index (χ1n) is 8.95. The van der Waals surface area contributed by atoms with Crippen molar-refractivity contribution in [2.24, 2.45) is 0 Å². The standard InChI is InChI=1S/C26H18/c1-3-7-25-21(5-1)13-15-23(25)17-19-9-11-20(12-10-19)18-24-16-14-22-6-2-4-8-26(22)24/h1-18H/b23-17-,24-18-. The summed E-state index contributed by atoms with van der Waals surface area (Å²) in [5, 5.41) is 0. The maximum atomic E-state index is 2.25. The molecule has 0 nitrogen and oxygen atoms in total. The van der Waals surface area contributed by atoms with Gasteiger partial charge < -0.3 is 0 Å². The molecule has 0 atom stereocenters. The molecular weight excluding hydrogens is 312 g/mol.